The van der Waals surface area contributed by atoms with Crippen LogP contribution in [-0.2, 0) is 14.8 Å². The van der Waals surface area contributed by atoms with Crippen molar-refractivity contribution in [1.29, 1.82) is 0 Å². The predicted octanol–water partition coefficient (Wildman–Crippen LogP) is 3.15. The molecule has 1 N–H and O–H groups in total. The third kappa shape index (κ3) is 3.06. The number of aryl methyl sites for hydroxylation is 1. The van der Waals surface area contributed by atoms with Crippen LogP contribution < -0.4 is 5.32 Å². The molecule has 0 radical (unpaired) electrons. The van der Waals surface area contributed by atoms with Crippen LogP contribution >= 0.6 is 11.3 Å². The summed E-state index contributed by atoms with van der Waals surface area (Å²) in [5.74, 6) is 2.88. The zero-order chi connectivity index (χ0) is 18.8. The molecule has 2 heterocycles. The van der Waals surface area contributed by atoms with Crippen LogP contribution in [0.5, 0.6) is 0 Å². The van der Waals surface area contributed by atoms with E-state index in [2.05, 4.69) is 5.32 Å². The van der Waals surface area contributed by atoms with E-state index in [-0.39, 0.29) is 11.9 Å². The van der Waals surface area contributed by atoms with Crippen LogP contribution in [0.1, 0.15) is 49.8 Å². The predicted molar refractivity (Wildman–Crippen MR) is 105 cm³/mol. The summed E-state index contributed by atoms with van der Waals surface area (Å²) < 4.78 is 27.9. The van der Waals surface area contributed by atoms with Crippen molar-refractivity contribution >= 4 is 27.3 Å². The van der Waals surface area contributed by atoms with Crippen LogP contribution in [0.2, 0.25) is 0 Å². The van der Waals surface area contributed by atoms with Gasteiger partial charge in [0.25, 0.3) is 10.0 Å². The molecule has 1 unspecified atom stereocenters. The molecule has 148 valence electrons. The Labute approximate surface area is 165 Å². The molecule has 27 heavy (non-hydrogen) atoms. The van der Waals surface area contributed by atoms with Gasteiger partial charge in [-0.2, -0.15) is 4.31 Å². The van der Waals surface area contributed by atoms with E-state index in [4.69, 9.17) is 0 Å². The summed E-state index contributed by atoms with van der Waals surface area (Å²) in [7, 11) is -3.58. The second-order valence-corrected chi connectivity index (χ2v) is 12.5. The lowest BCUT2D eigenvalue weighted by Crippen LogP contribution is -2.58. The zero-order valence-corrected chi connectivity index (χ0v) is 17.4. The minimum absolute atomic E-state index is 0.0678. The summed E-state index contributed by atoms with van der Waals surface area (Å²) in [4.78, 5) is 14.1. The van der Waals surface area contributed by atoms with Crippen molar-refractivity contribution in [3.05, 3.63) is 17.0 Å². The summed E-state index contributed by atoms with van der Waals surface area (Å²) in [6.45, 7) is 2.35. The fourth-order valence-electron chi connectivity index (χ4n) is 6.38. The van der Waals surface area contributed by atoms with Gasteiger partial charge in [-0.15, -0.1) is 11.3 Å². The first-order valence-corrected chi connectivity index (χ1v) is 12.6. The van der Waals surface area contributed by atoms with Gasteiger partial charge < -0.3 is 5.32 Å². The number of sulfonamides is 1. The molecular weight excluding hydrogens is 380 g/mol. The summed E-state index contributed by atoms with van der Waals surface area (Å²) >= 11 is 1.29. The monoisotopic (exact) mass is 408 g/mol. The fourth-order valence-corrected chi connectivity index (χ4v) is 9.45. The standard InChI is InChI=1S/C20H28N2O3S2/c1-12-4-5-18(26-12)27(24,25)22-6-2-3-17(22)20(23)21-19-15-8-13-7-14(10-15)11-16(19)9-13/h4-5,13-17,19H,2-3,6-11H2,1H3,(H,21,23). The molecule has 4 saturated carbocycles. The maximum absolute atomic E-state index is 13.1. The molecule has 7 heteroatoms. The number of thiophene rings is 1. The first kappa shape index (κ1) is 18.1. The normalized spacial score (nSPS) is 38.4. The molecule has 0 aromatic carbocycles. The Morgan fingerprint density at radius 3 is 2.37 bits per heavy atom. The number of hydrogen-bond acceptors (Lipinski definition) is 4. The number of hydrogen-bond donors (Lipinski definition) is 1. The topological polar surface area (TPSA) is 66.5 Å². The lowest BCUT2D eigenvalue weighted by molar-refractivity contribution is -0.128. The van der Waals surface area contributed by atoms with E-state index in [1.54, 1.807) is 6.07 Å². The van der Waals surface area contributed by atoms with Gasteiger partial charge in [-0.1, -0.05) is 0 Å². The highest BCUT2D eigenvalue weighted by atomic mass is 32.2. The molecule has 0 spiro atoms. The molecule has 1 amide bonds. The van der Waals surface area contributed by atoms with Gasteiger partial charge in [0.05, 0.1) is 0 Å². The second-order valence-electron chi connectivity index (χ2n) is 9.10. The van der Waals surface area contributed by atoms with Crippen LogP contribution in [0.3, 0.4) is 0 Å². The zero-order valence-electron chi connectivity index (χ0n) is 15.8. The average molecular weight is 409 g/mol. The smallest absolute Gasteiger partial charge is 0.253 e. The number of carbonyl (C=O) groups excluding carboxylic acids is 1. The van der Waals surface area contributed by atoms with Gasteiger partial charge in [-0.05, 0) is 87.7 Å². The third-order valence-corrected chi connectivity index (χ3v) is 10.7. The molecule has 5 aliphatic rings. The van der Waals surface area contributed by atoms with Crippen molar-refractivity contribution in [3.8, 4) is 0 Å². The van der Waals surface area contributed by atoms with Gasteiger partial charge in [0.2, 0.25) is 5.91 Å². The largest absolute Gasteiger partial charge is 0.351 e. The highest BCUT2D eigenvalue weighted by Crippen LogP contribution is 2.53. The maximum atomic E-state index is 13.1. The van der Waals surface area contributed by atoms with Crippen molar-refractivity contribution < 1.29 is 13.2 Å². The Kier molecular flexibility index (Phi) is 4.41. The molecular formula is C20H28N2O3S2. The summed E-state index contributed by atoms with van der Waals surface area (Å²) in [6, 6.07) is 3.21. The molecule has 5 fully saturated rings. The van der Waals surface area contributed by atoms with Gasteiger partial charge in [0.1, 0.15) is 10.3 Å². The maximum Gasteiger partial charge on any atom is 0.253 e. The molecule has 1 aromatic rings. The minimum Gasteiger partial charge on any atom is -0.351 e. The molecule has 4 bridgehead atoms. The first-order chi connectivity index (χ1) is 12.9. The lowest BCUT2D eigenvalue weighted by atomic mass is 9.54. The van der Waals surface area contributed by atoms with E-state index in [0.717, 1.165) is 23.1 Å². The second kappa shape index (κ2) is 6.56. The molecule has 5 nitrogen and oxygen atoms in total. The van der Waals surface area contributed by atoms with E-state index in [1.807, 2.05) is 13.0 Å². The average Bonchev–Trinajstić information content (AvgIpc) is 3.27. The number of nitrogens with one attached hydrogen (secondary N) is 1. The molecule has 1 aliphatic heterocycles. The highest BCUT2D eigenvalue weighted by molar-refractivity contribution is 7.91. The van der Waals surface area contributed by atoms with Crippen molar-refractivity contribution in [1.82, 2.24) is 9.62 Å². The number of rotatable bonds is 4. The van der Waals surface area contributed by atoms with Crippen molar-refractivity contribution in [2.45, 2.75) is 68.2 Å². The Balaban J connectivity index is 1.32. The highest BCUT2D eigenvalue weighted by Gasteiger charge is 2.50. The molecule has 4 aliphatic carbocycles. The molecule has 1 saturated heterocycles. The number of amides is 1. The van der Waals surface area contributed by atoms with E-state index in [1.165, 1.54) is 47.7 Å². The fraction of sp³-hybridized carbons (Fsp3) is 0.750. The van der Waals surface area contributed by atoms with Gasteiger partial charge in [0, 0.05) is 17.5 Å². The summed E-state index contributed by atoms with van der Waals surface area (Å²) in [5.41, 5.74) is 0. The van der Waals surface area contributed by atoms with Gasteiger partial charge in [-0.25, -0.2) is 8.42 Å². The Morgan fingerprint density at radius 2 is 1.78 bits per heavy atom. The van der Waals surface area contributed by atoms with Crippen molar-refractivity contribution in [3.63, 3.8) is 0 Å². The van der Waals surface area contributed by atoms with Crippen LogP contribution in [0.15, 0.2) is 16.3 Å². The van der Waals surface area contributed by atoms with Crippen molar-refractivity contribution in [2.75, 3.05) is 6.54 Å². The van der Waals surface area contributed by atoms with Gasteiger partial charge >= 0.3 is 0 Å². The molecule has 1 aromatic heterocycles. The summed E-state index contributed by atoms with van der Waals surface area (Å²) in [6.07, 6.45) is 7.77. The SMILES string of the molecule is Cc1ccc(S(=O)(=O)N2CCCC2C(=O)NC2C3CC4CC(C3)CC2C4)s1. The first-order valence-electron chi connectivity index (χ1n) is 10.3. The number of nitrogens with zero attached hydrogens (tertiary/aromatic N) is 1. The Bertz CT molecular complexity index is 819. The molecule has 6 rings (SSSR count). The molecule has 1 atom stereocenters. The third-order valence-electron chi connectivity index (χ3n) is 7.32. The van der Waals surface area contributed by atoms with Gasteiger partial charge in [0.15, 0.2) is 0 Å². The summed E-state index contributed by atoms with van der Waals surface area (Å²) in [5, 5.41) is 3.32. The van der Waals surface area contributed by atoms with Gasteiger partial charge in [-0.3, -0.25) is 4.79 Å². The quantitative estimate of drug-likeness (QED) is 0.832. The Morgan fingerprint density at radius 1 is 1.11 bits per heavy atom. The van der Waals surface area contributed by atoms with Crippen LogP contribution in [0.4, 0.5) is 0 Å². The minimum atomic E-state index is -3.58. The van der Waals surface area contributed by atoms with Crippen LogP contribution in [0, 0.1) is 30.6 Å². The van der Waals surface area contributed by atoms with E-state index in [9.17, 15) is 13.2 Å². The van der Waals surface area contributed by atoms with Crippen molar-refractivity contribution in [2.24, 2.45) is 23.7 Å². The lowest BCUT2D eigenvalue weighted by Gasteiger charge is -2.54. The van der Waals surface area contributed by atoms with Crippen LogP contribution in [0.25, 0.3) is 0 Å². The van der Waals surface area contributed by atoms with Crippen LogP contribution in [-0.4, -0.2) is 37.3 Å². The number of carbonyl (C=O) groups is 1. The van der Waals surface area contributed by atoms with E-state index in [0.29, 0.717) is 29.0 Å². The Hall–Kier alpha value is -0.920. The van der Waals surface area contributed by atoms with E-state index >= 15 is 0 Å². The van der Waals surface area contributed by atoms with E-state index < -0.39 is 16.1 Å².